The van der Waals surface area contributed by atoms with E-state index in [1.807, 2.05) is 6.92 Å². The summed E-state index contributed by atoms with van der Waals surface area (Å²) >= 11 is 0. The smallest absolute Gasteiger partial charge is 0.317 e. The first-order valence-electron chi connectivity index (χ1n) is 11.3. The molecule has 0 aliphatic heterocycles. The molecule has 9 nitrogen and oxygen atoms in total. The lowest BCUT2D eigenvalue weighted by molar-refractivity contribution is -0.607. The number of para-hydroxylation sites is 1. The number of halogens is 1. The SMILES string of the molecule is CCOc1ccc(-c2nnc(C3CC(NC(=O)c4cccc[n+]4[O-])C3)n2-c2ccccc2F)nc1. The lowest BCUT2D eigenvalue weighted by Gasteiger charge is -2.35. The van der Waals surface area contributed by atoms with E-state index in [1.165, 1.54) is 18.3 Å². The molecule has 1 fully saturated rings. The van der Waals surface area contributed by atoms with Crippen molar-refractivity contribution in [1.82, 2.24) is 25.1 Å². The van der Waals surface area contributed by atoms with Gasteiger partial charge in [0.25, 0.3) is 5.69 Å². The summed E-state index contributed by atoms with van der Waals surface area (Å²) in [5, 5.41) is 23.5. The number of benzene rings is 1. The third kappa shape index (κ3) is 4.42. The van der Waals surface area contributed by atoms with Crippen molar-refractivity contribution in [2.24, 2.45) is 0 Å². The molecule has 3 aromatic heterocycles. The van der Waals surface area contributed by atoms with Gasteiger partial charge in [0.05, 0.1) is 18.5 Å². The molecule has 5 rings (SSSR count). The Morgan fingerprint density at radius 3 is 2.69 bits per heavy atom. The van der Waals surface area contributed by atoms with Crippen molar-refractivity contribution in [2.45, 2.75) is 31.7 Å². The number of nitrogens with one attached hydrogen (secondary N) is 1. The van der Waals surface area contributed by atoms with E-state index in [2.05, 4.69) is 20.5 Å². The minimum absolute atomic E-state index is 0.0364. The van der Waals surface area contributed by atoms with E-state index in [0.717, 1.165) is 0 Å². The van der Waals surface area contributed by atoms with Gasteiger partial charge in [-0.3, -0.25) is 9.36 Å². The maximum absolute atomic E-state index is 14.8. The second-order valence-corrected chi connectivity index (χ2v) is 8.23. The van der Waals surface area contributed by atoms with Crippen LogP contribution in [-0.2, 0) is 0 Å². The topological polar surface area (TPSA) is 109 Å². The van der Waals surface area contributed by atoms with Crippen LogP contribution >= 0.6 is 0 Å². The third-order valence-corrected chi connectivity index (χ3v) is 5.95. The zero-order valence-electron chi connectivity index (χ0n) is 19.0. The fourth-order valence-electron chi connectivity index (χ4n) is 4.17. The van der Waals surface area contributed by atoms with Crippen LogP contribution in [0.4, 0.5) is 4.39 Å². The number of amides is 1. The van der Waals surface area contributed by atoms with Crippen molar-refractivity contribution in [3.05, 3.63) is 89.5 Å². The predicted molar refractivity (Wildman–Crippen MR) is 124 cm³/mol. The molecule has 0 bridgehead atoms. The maximum Gasteiger partial charge on any atom is 0.317 e. The lowest BCUT2D eigenvalue weighted by atomic mass is 9.79. The first kappa shape index (κ1) is 22.5. The Labute approximate surface area is 200 Å². The van der Waals surface area contributed by atoms with Crippen LogP contribution in [0, 0.1) is 11.0 Å². The fraction of sp³-hybridized carbons (Fsp3) is 0.240. The number of carbonyl (C=O) groups is 1. The number of pyridine rings is 2. The molecule has 0 unspecified atom stereocenters. The average Bonchev–Trinajstić information content (AvgIpc) is 3.26. The van der Waals surface area contributed by atoms with Crippen LogP contribution in [0.1, 0.15) is 42.0 Å². The second kappa shape index (κ2) is 9.49. The minimum atomic E-state index is -0.432. The average molecular weight is 474 g/mol. The van der Waals surface area contributed by atoms with Crippen LogP contribution < -0.4 is 14.8 Å². The Hall–Kier alpha value is -4.34. The van der Waals surface area contributed by atoms with Gasteiger partial charge in [-0.15, -0.1) is 10.2 Å². The number of ether oxygens (including phenoxy) is 1. The van der Waals surface area contributed by atoms with Gasteiger partial charge in [-0.1, -0.05) is 12.1 Å². The van der Waals surface area contributed by atoms with Gasteiger partial charge in [0, 0.05) is 24.1 Å². The van der Waals surface area contributed by atoms with Crippen molar-refractivity contribution in [1.29, 1.82) is 0 Å². The minimum Gasteiger partial charge on any atom is -0.618 e. The maximum atomic E-state index is 14.8. The van der Waals surface area contributed by atoms with Crippen LogP contribution in [-0.4, -0.2) is 38.3 Å². The van der Waals surface area contributed by atoms with Gasteiger partial charge in [0.2, 0.25) is 0 Å². The molecule has 1 aliphatic carbocycles. The summed E-state index contributed by atoms with van der Waals surface area (Å²) in [5.74, 6) is 0.734. The van der Waals surface area contributed by atoms with Gasteiger partial charge in [-0.25, -0.2) is 9.37 Å². The second-order valence-electron chi connectivity index (χ2n) is 8.23. The van der Waals surface area contributed by atoms with Gasteiger partial charge in [0.15, 0.2) is 12.0 Å². The molecule has 4 aromatic rings. The molecule has 10 heteroatoms. The largest absolute Gasteiger partial charge is 0.618 e. The first-order chi connectivity index (χ1) is 17.0. The molecule has 0 atom stereocenters. The van der Waals surface area contributed by atoms with Crippen molar-refractivity contribution in [3.8, 4) is 23.0 Å². The lowest BCUT2D eigenvalue weighted by Crippen LogP contribution is -2.47. The van der Waals surface area contributed by atoms with E-state index in [-0.39, 0.29) is 17.7 Å². The molecular weight excluding hydrogens is 451 g/mol. The molecule has 0 spiro atoms. The summed E-state index contributed by atoms with van der Waals surface area (Å²) in [5.41, 5.74) is 0.889. The Morgan fingerprint density at radius 2 is 1.97 bits per heavy atom. The van der Waals surface area contributed by atoms with E-state index in [0.29, 0.717) is 53.0 Å². The molecule has 1 saturated carbocycles. The van der Waals surface area contributed by atoms with Gasteiger partial charge in [0.1, 0.15) is 23.1 Å². The molecule has 1 amide bonds. The number of nitrogens with zero attached hydrogens (tertiary/aromatic N) is 5. The highest BCUT2D eigenvalue weighted by atomic mass is 19.1. The zero-order valence-corrected chi connectivity index (χ0v) is 19.0. The molecule has 35 heavy (non-hydrogen) atoms. The normalized spacial score (nSPS) is 17.0. The van der Waals surface area contributed by atoms with E-state index in [4.69, 9.17) is 4.74 Å². The number of carbonyl (C=O) groups excluding carboxylic acids is 1. The fourth-order valence-corrected chi connectivity index (χ4v) is 4.17. The Kier molecular flexibility index (Phi) is 6.09. The van der Waals surface area contributed by atoms with E-state index < -0.39 is 11.7 Å². The van der Waals surface area contributed by atoms with Gasteiger partial charge in [-0.05, 0) is 50.1 Å². The van der Waals surface area contributed by atoms with Crippen LogP contribution in [0.3, 0.4) is 0 Å². The predicted octanol–water partition coefficient (Wildman–Crippen LogP) is 3.18. The summed E-state index contributed by atoms with van der Waals surface area (Å²) in [6.45, 7) is 2.41. The van der Waals surface area contributed by atoms with Crippen LogP contribution in [0.2, 0.25) is 0 Å². The molecule has 0 radical (unpaired) electrons. The summed E-state index contributed by atoms with van der Waals surface area (Å²) in [6.07, 6.45) is 4.05. The number of aromatic nitrogens is 5. The number of hydrogen-bond donors (Lipinski definition) is 1. The molecular formula is C25H23FN6O3. The van der Waals surface area contributed by atoms with Gasteiger partial charge in [-0.2, -0.15) is 4.73 Å². The van der Waals surface area contributed by atoms with Crippen LogP contribution in [0.5, 0.6) is 5.75 Å². The van der Waals surface area contributed by atoms with Crippen LogP contribution in [0.25, 0.3) is 17.2 Å². The first-order valence-corrected chi connectivity index (χ1v) is 11.3. The number of hydrogen-bond acceptors (Lipinski definition) is 6. The van der Waals surface area contributed by atoms with Gasteiger partial charge >= 0.3 is 5.91 Å². The summed E-state index contributed by atoms with van der Waals surface area (Å²) in [4.78, 5) is 16.9. The molecule has 1 aliphatic rings. The van der Waals surface area contributed by atoms with E-state index in [9.17, 15) is 14.4 Å². The molecule has 0 saturated heterocycles. The summed E-state index contributed by atoms with van der Waals surface area (Å²) < 4.78 is 22.5. The summed E-state index contributed by atoms with van der Waals surface area (Å²) in [6, 6.07) is 14.5. The molecule has 1 N–H and O–H groups in total. The highest BCUT2D eigenvalue weighted by Crippen LogP contribution is 2.39. The zero-order chi connectivity index (χ0) is 24.4. The van der Waals surface area contributed by atoms with Gasteiger partial charge < -0.3 is 15.3 Å². The highest BCUT2D eigenvalue weighted by Gasteiger charge is 2.37. The molecule has 1 aromatic carbocycles. The van der Waals surface area contributed by atoms with Crippen molar-refractivity contribution in [2.75, 3.05) is 6.61 Å². The Balaban J connectivity index is 1.40. The standard InChI is InChI=1S/C25H23FN6O3/c1-2-35-18-10-11-20(27-15-18)24-30-29-23(32(24)21-8-4-3-7-19(21)26)16-13-17(14-16)28-25(33)22-9-5-6-12-31(22)34/h3-12,15-17H,2,13-14H2,1H3,(H,28,33). The van der Waals surface area contributed by atoms with Crippen molar-refractivity contribution < 1.29 is 18.7 Å². The van der Waals surface area contributed by atoms with Crippen molar-refractivity contribution in [3.63, 3.8) is 0 Å². The summed E-state index contributed by atoms with van der Waals surface area (Å²) in [7, 11) is 0. The molecule has 178 valence electrons. The Morgan fingerprint density at radius 1 is 1.17 bits per heavy atom. The van der Waals surface area contributed by atoms with Crippen LogP contribution in [0.15, 0.2) is 67.0 Å². The number of rotatable bonds is 7. The third-order valence-electron chi connectivity index (χ3n) is 5.95. The van der Waals surface area contributed by atoms with E-state index in [1.54, 1.807) is 53.2 Å². The monoisotopic (exact) mass is 474 g/mol. The Bertz CT molecular complexity index is 1350. The van der Waals surface area contributed by atoms with Crippen molar-refractivity contribution >= 4 is 5.91 Å². The highest BCUT2D eigenvalue weighted by molar-refractivity contribution is 5.91. The van der Waals surface area contributed by atoms with E-state index >= 15 is 0 Å². The molecule has 3 heterocycles. The quantitative estimate of drug-likeness (QED) is 0.326.